The number of rotatable bonds is 4. The van der Waals surface area contributed by atoms with Crippen molar-refractivity contribution in [3.63, 3.8) is 0 Å². The van der Waals surface area contributed by atoms with Crippen LogP contribution < -0.4 is 0 Å². The van der Waals surface area contributed by atoms with E-state index in [1.165, 1.54) is 19.1 Å². The molecule has 1 aliphatic carbocycles. The van der Waals surface area contributed by atoms with Crippen LogP contribution in [0.4, 0.5) is 13.2 Å². The number of alkyl halides is 3. The Labute approximate surface area is 114 Å². The van der Waals surface area contributed by atoms with E-state index in [9.17, 15) is 13.2 Å². The predicted octanol–water partition coefficient (Wildman–Crippen LogP) is 4.51. The average Bonchev–Trinajstić information content (AvgIpc) is 3.11. The van der Waals surface area contributed by atoms with Crippen LogP contribution in [-0.2, 0) is 11.0 Å². The van der Waals surface area contributed by atoms with Gasteiger partial charge in [-0.05, 0) is 43.9 Å². The molecule has 2 nitrogen and oxygen atoms in total. The first kappa shape index (κ1) is 14.2. The molecule has 0 spiro atoms. The van der Waals surface area contributed by atoms with Gasteiger partial charge in [0.2, 0.25) is 0 Å². The molecule has 1 aromatic carbocycles. The van der Waals surface area contributed by atoms with Crippen LogP contribution >= 0.6 is 11.6 Å². The van der Waals surface area contributed by atoms with Crippen LogP contribution in [0.1, 0.15) is 30.9 Å². The average molecular weight is 292 g/mol. The van der Waals surface area contributed by atoms with E-state index >= 15 is 0 Å². The maximum Gasteiger partial charge on any atom is 0.417 e. The fourth-order valence-corrected chi connectivity index (χ4v) is 1.81. The topological polar surface area (TPSA) is 21.6 Å². The highest BCUT2D eigenvalue weighted by atomic mass is 35.5. The quantitative estimate of drug-likeness (QED) is 0.591. The van der Waals surface area contributed by atoms with Crippen molar-refractivity contribution in [2.24, 2.45) is 11.1 Å². The van der Waals surface area contributed by atoms with Gasteiger partial charge in [0, 0.05) is 10.6 Å². The Morgan fingerprint density at radius 2 is 2.11 bits per heavy atom. The van der Waals surface area contributed by atoms with Crippen LogP contribution in [0.5, 0.6) is 0 Å². The molecule has 1 fully saturated rings. The van der Waals surface area contributed by atoms with Crippen molar-refractivity contribution in [1.82, 2.24) is 0 Å². The Morgan fingerprint density at radius 1 is 1.42 bits per heavy atom. The maximum atomic E-state index is 12.9. The summed E-state index contributed by atoms with van der Waals surface area (Å²) in [5.74, 6) is 0.498. The van der Waals surface area contributed by atoms with Crippen LogP contribution in [0.2, 0.25) is 5.02 Å². The first-order valence-electron chi connectivity index (χ1n) is 5.91. The molecule has 1 aromatic rings. The van der Waals surface area contributed by atoms with Gasteiger partial charge in [0.25, 0.3) is 0 Å². The van der Waals surface area contributed by atoms with Crippen molar-refractivity contribution in [2.75, 3.05) is 6.61 Å². The fourth-order valence-electron chi connectivity index (χ4n) is 1.64. The normalized spacial score (nSPS) is 16.6. The van der Waals surface area contributed by atoms with Crippen molar-refractivity contribution >= 4 is 17.3 Å². The second-order valence-electron chi connectivity index (χ2n) is 4.60. The Bertz CT molecular complexity index is 495. The smallest absolute Gasteiger partial charge is 0.395 e. The van der Waals surface area contributed by atoms with Gasteiger partial charge in [-0.2, -0.15) is 13.2 Å². The molecule has 1 aliphatic rings. The van der Waals surface area contributed by atoms with Gasteiger partial charge in [0.15, 0.2) is 0 Å². The molecule has 1 saturated carbocycles. The summed E-state index contributed by atoms with van der Waals surface area (Å²) in [5.41, 5.74) is -0.626. The van der Waals surface area contributed by atoms with Gasteiger partial charge in [0.1, 0.15) is 6.61 Å². The molecule has 0 aliphatic heterocycles. The molecule has 0 saturated heterocycles. The molecule has 0 N–H and O–H groups in total. The lowest BCUT2D eigenvalue weighted by molar-refractivity contribution is -0.137. The minimum atomic E-state index is -4.44. The lowest BCUT2D eigenvalue weighted by Crippen LogP contribution is -2.12. The summed E-state index contributed by atoms with van der Waals surface area (Å²) < 4.78 is 38.6. The second-order valence-corrected chi connectivity index (χ2v) is 5.04. The fraction of sp³-hybridized carbons (Fsp3) is 0.462. The predicted molar refractivity (Wildman–Crippen MR) is 67.3 cm³/mol. The summed E-state index contributed by atoms with van der Waals surface area (Å²) in [6.45, 7) is 1.94. The Balaban J connectivity index is 2.22. The van der Waals surface area contributed by atoms with Gasteiger partial charge in [-0.3, -0.25) is 0 Å². The molecule has 0 amide bonds. The van der Waals surface area contributed by atoms with Crippen molar-refractivity contribution in [3.8, 4) is 0 Å². The molecular formula is C13H13ClF3NO. The Kier molecular flexibility index (Phi) is 4.04. The zero-order valence-electron chi connectivity index (χ0n) is 10.3. The van der Waals surface area contributed by atoms with Gasteiger partial charge < -0.3 is 4.84 Å². The maximum absolute atomic E-state index is 12.9. The minimum absolute atomic E-state index is 0.0456. The standard InChI is InChI=1S/C13H13ClF3NO/c1-8(18-19-7-9-2-3-9)11-6-10(14)4-5-12(11)13(15,16)17/h4-6,9H,2-3,7H2,1H3/b18-8+. The van der Waals surface area contributed by atoms with E-state index in [0.717, 1.165) is 18.9 Å². The summed E-state index contributed by atoms with van der Waals surface area (Å²) >= 11 is 5.74. The minimum Gasteiger partial charge on any atom is -0.395 e. The van der Waals surface area contributed by atoms with Gasteiger partial charge in [-0.15, -0.1) is 0 Å². The van der Waals surface area contributed by atoms with Crippen LogP contribution in [0, 0.1) is 5.92 Å². The van der Waals surface area contributed by atoms with Crippen LogP contribution in [-0.4, -0.2) is 12.3 Å². The second kappa shape index (κ2) is 5.41. The monoisotopic (exact) mass is 291 g/mol. The van der Waals surface area contributed by atoms with Gasteiger partial charge in [-0.25, -0.2) is 0 Å². The molecule has 0 atom stereocenters. The molecule has 6 heteroatoms. The molecule has 0 heterocycles. The third-order valence-electron chi connectivity index (χ3n) is 2.89. The Morgan fingerprint density at radius 3 is 2.68 bits per heavy atom. The van der Waals surface area contributed by atoms with Gasteiger partial charge in [0.05, 0.1) is 11.3 Å². The van der Waals surface area contributed by atoms with Crippen molar-refractivity contribution in [2.45, 2.75) is 25.9 Å². The number of halogens is 4. The molecule has 0 unspecified atom stereocenters. The molecular weight excluding hydrogens is 279 g/mol. The first-order valence-corrected chi connectivity index (χ1v) is 6.29. The number of oxime groups is 1. The van der Waals surface area contributed by atoms with E-state index in [1.54, 1.807) is 0 Å². The lowest BCUT2D eigenvalue weighted by atomic mass is 10.0. The van der Waals surface area contributed by atoms with E-state index < -0.39 is 11.7 Å². The SMILES string of the molecule is C/C(=N\OCC1CC1)c1cc(Cl)ccc1C(F)(F)F. The summed E-state index contributed by atoms with van der Waals surface area (Å²) in [7, 11) is 0. The van der Waals surface area contributed by atoms with E-state index in [1.807, 2.05) is 0 Å². The van der Waals surface area contributed by atoms with E-state index in [2.05, 4.69) is 5.16 Å². The van der Waals surface area contributed by atoms with E-state index in [0.29, 0.717) is 12.5 Å². The van der Waals surface area contributed by atoms with Crippen LogP contribution in [0.15, 0.2) is 23.4 Å². The number of hydrogen-bond acceptors (Lipinski definition) is 2. The van der Waals surface area contributed by atoms with Crippen LogP contribution in [0.25, 0.3) is 0 Å². The van der Waals surface area contributed by atoms with Crippen molar-refractivity contribution in [1.29, 1.82) is 0 Å². The zero-order valence-corrected chi connectivity index (χ0v) is 11.1. The van der Waals surface area contributed by atoms with E-state index in [-0.39, 0.29) is 16.3 Å². The summed E-state index contributed by atoms with van der Waals surface area (Å²) in [6.07, 6.45) is -2.24. The van der Waals surface area contributed by atoms with Gasteiger partial charge in [-0.1, -0.05) is 16.8 Å². The summed E-state index contributed by atoms with van der Waals surface area (Å²) in [5, 5.41) is 3.98. The molecule has 19 heavy (non-hydrogen) atoms. The highest BCUT2D eigenvalue weighted by Crippen LogP contribution is 2.34. The van der Waals surface area contributed by atoms with Crippen molar-refractivity contribution < 1.29 is 18.0 Å². The largest absolute Gasteiger partial charge is 0.417 e. The first-order chi connectivity index (χ1) is 8.88. The molecule has 2 rings (SSSR count). The molecule has 0 aromatic heterocycles. The summed E-state index contributed by atoms with van der Waals surface area (Å²) in [4.78, 5) is 5.06. The molecule has 104 valence electrons. The van der Waals surface area contributed by atoms with E-state index in [4.69, 9.17) is 16.4 Å². The Hall–Kier alpha value is -1.23. The molecule has 0 radical (unpaired) electrons. The lowest BCUT2D eigenvalue weighted by Gasteiger charge is -2.12. The highest BCUT2D eigenvalue weighted by Gasteiger charge is 2.34. The molecule has 0 bridgehead atoms. The third-order valence-corrected chi connectivity index (χ3v) is 3.12. The number of benzene rings is 1. The van der Waals surface area contributed by atoms with Gasteiger partial charge >= 0.3 is 6.18 Å². The summed E-state index contributed by atoms with van der Waals surface area (Å²) in [6, 6.07) is 3.42. The number of nitrogens with zero attached hydrogens (tertiary/aromatic N) is 1. The number of hydrogen-bond donors (Lipinski definition) is 0. The highest BCUT2D eigenvalue weighted by molar-refractivity contribution is 6.31. The van der Waals surface area contributed by atoms with Crippen molar-refractivity contribution in [3.05, 3.63) is 34.3 Å². The van der Waals surface area contributed by atoms with Crippen LogP contribution in [0.3, 0.4) is 0 Å². The third kappa shape index (κ3) is 3.86. The zero-order chi connectivity index (χ0) is 14.0.